The second kappa shape index (κ2) is 4.10. The average Bonchev–Trinajstić information content (AvgIpc) is 2.72. The number of nitrogens with one attached hydrogen (secondary N) is 1. The lowest BCUT2D eigenvalue weighted by Crippen LogP contribution is -1.97. The summed E-state index contributed by atoms with van der Waals surface area (Å²) in [6, 6.07) is 2.07. The van der Waals surface area contributed by atoms with Gasteiger partial charge in [-0.3, -0.25) is 0 Å². The fourth-order valence-electron chi connectivity index (χ4n) is 1.12. The van der Waals surface area contributed by atoms with Gasteiger partial charge < -0.3 is 9.88 Å². The van der Waals surface area contributed by atoms with E-state index in [4.69, 9.17) is 0 Å². The number of aryl methyl sites for hydroxylation is 1. The highest BCUT2D eigenvalue weighted by Crippen LogP contribution is 2.20. The van der Waals surface area contributed by atoms with Gasteiger partial charge in [0.05, 0.1) is 0 Å². The summed E-state index contributed by atoms with van der Waals surface area (Å²) in [6.45, 7) is 0.780. The third-order valence-electron chi connectivity index (χ3n) is 1.74. The zero-order chi connectivity index (χ0) is 9.97. The molecule has 2 aromatic rings. The largest absolute Gasteiger partial charge is 0.357 e. The van der Waals surface area contributed by atoms with Crippen LogP contribution in [0.2, 0.25) is 0 Å². The zero-order valence-electron chi connectivity index (χ0n) is 7.57. The fourth-order valence-corrected chi connectivity index (χ4v) is 2.13. The molecule has 0 unspecified atom stereocenters. The Kier molecular flexibility index (Phi) is 2.83. The van der Waals surface area contributed by atoms with Gasteiger partial charge in [-0.05, 0) is 27.6 Å². The quantitative estimate of drug-likeness (QED) is 0.932. The highest BCUT2D eigenvalue weighted by atomic mass is 79.9. The third-order valence-corrected chi connectivity index (χ3v) is 3.05. The topological polar surface area (TPSA) is 42.7 Å². The molecule has 2 heterocycles. The zero-order valence-corrected chi connectivity index (χ0v) is 9.97. The Morgan fingerprint density at radius 1 is 1.57 bits per heavy atom. The van der Waals surface area contributed by atoms with E-state index < -0.39 is 0 Å². The Hall–Kier alpha value is -0.880. The van der Waals surface area contributed by atoms with Crippen LogP contribution in [0, 0.1) is 0 Å². The van der Waals surface area contributed by atoms with E-state index in [2.05, 4.69) is 43.7 Å². The van der Waals surface area contributed by atoms with Crippen LogP contribution in [-0.2, 0) is 13.6 Å². The summed E-state index contributed by atoms with van der Waals surface area (Å²) in [5, 5.41) is 11.8. The molecule has 14 heavy (non-hydrogen) atoms. The number of anilines is 1. The molecule has 0 bridgehead atoms. The number of rotatable bonds is 3. The summed E-state index contributed by atoms with van der Waals surface area (Å²) in [4.78, 5) is 0. The first-order chi connectivity index (χ1) is 6.74. The molecule has 74 valence electrons. The minimum absolute atomic E-state index is 0.780. The molecule has 0 aliphatic carbocycles. The van der Waals surface area contributed by atoms with Gasteiger partial charge in [-0.2, -0.15) is 0 Å². The van der Waals surface area contributed by atoms with Crippen molar-refractivity contribution in [2.24, 2.45) is 7.05 Å². The molecule has 6 heteroatoms. The van der Waals surface area contributed by atoms with Crippen molar-refractivity contribution in [3.63, 3.8) is 0 Å². The highest BCUT2D eigenvalue weighted by molar-refractivity contribution is 9.11. The van der Waals surface area contributed by atoms with Crippen molar-refractivity contribution < 1.29 is 0 Å². The minimum Gasteiger partial charge on any atom is -0.357 e. The van der Waals surface area contributed by atoms with E-state index in [1.165, 1.54) is 16.9 Å². The molecule has 0 amide bonds. The first-order valence-electron chi connectivity index (χ1n) is 4.08. The summed E-state index contributed by atoms with van der Waals surface area (Å²) < 4.78 is 2.82. The summed E-state index contributed by atoms with van der Waals surface area (Å²) >= 11 is 4.75. The molecule has 0 saturated heterocycles. The summed E-state index contributed by atoms with van der Waals surface area (Å²) in [5.41, 5.74) is 1.24. The van der Waals surface area contributed by atoms with Crippen molar-refractivity contribution >= 4 is 32.4 Å². The van der Waals surface area contributed by atoms with E-state index in [9.17, 15) is 0 Å². The van der Waals surface area contributed by atoms with Crippen molar-refractivity contribution in [3.05, 3.63) is 27.9 Å². The molecule has 4 nitrogen and oxygen atoms in total. The molecule has 1 N–H and O–H groups in total. The standard InChI is InChI=1S/C8H9BrN4S/c1-13-3-2-6(5-13)4-10-8-12-11-7(9)14-8/h2-3,5H,4H2,1H3,(H,10,12). The summed E-state index contributed by atoms with van der Waals surface area (Å²) in [6.07, 6.45) is 4.09. The summed E-state index contributed by atoms with van der Waals surface area (Å²) in [7, 11) is 2.00. The van der Waals surface area contributed by atoms with Crippen LogP contribution < -0.4 is 5.32 Å². The first-order valence-corrected chi connectivity index (χ1v) is 5.69. The molecular formula is C8H9BrN4S. The Balaban J connectivity index is 1.94. The molecule has 0 spiro atoms. The number of halogens is 1. The van der Waals surface area contributed by atoms with Crippen LogP contribution in [0.1, 0.15) is 5.56 Å². The van der Waals surface area contributed by atoms with Gasteiger partial charge in [0.2, 0.25) is 5.13 Å². The third kappa shape index (κ3) is 2.33. The van der Waals surface area contributed by atoms with Crippen molar-refractivity contribution in [1.29, 1.82) is 0 Å². The van der Waals surface area contributed by atoms with E-state index >= 15 is 0 Å². The van der Waals surface area contributed by atoms with Crippen molar-refractivity contribution in [2.45, 2.75) is 6.54 Å². The monoisotopic (exact) mass is 272 g/mol. The van der Waals surface area contributed by atoms with Crippen LogP contribution in [0.4, 0.5) is 5.13 Å². The van der Waals surface area contributed by atoms with Crippen LogP contribution in [0.3, 0.4) is 0 Å². The Morgan fingerprint density at radius 2 is 2.43 bits per heavy atom. The van der Waals surface area contributed by atoms with Crippen molar-refractivity contribution in [2.75, 3.05) is 5.32 Å². The van der Waals surface area contributed by atoms with Crippen LogP contribution in [-0.4, -0.2) is 14.8 Å². The van der Waals surface area contributed by atoms with Gasteiger partial charge in [0.15, 0.2) is 3.92 Å². The maximum absolute atomic E-state index is 3.94. The first kappa shape index (κ1) is 9.67. The number of hydrogen-bond acceptors (Lipinski definition) is 4. The molecule has 0 aliphatic rings. The molecule has 2 aromatic heterocycles. The van der Waals surface area contributed by atoms with Gasteiger partial charge in [-0.1, -0.05) is 11.3 Å². The SMILES string of the molecule is Cn1ccc(CNc2nnc(Br)s2)c1. The smallest absolute Gasteiger partial charge is 0.206 e. The molecule has 2 rings (SSSR count). The van der Waals surface area contributed by atoms with Gasteiger partial charge in [-0.15, -0.1) is 10.2 Å². The molecule has 0 fully saturated rings. The average molecular weight is 273 g/mol. The van der Waals surface area contributed by atoms with Crippen LogP contribution >= 0.6 is 27.3 Å². The van der Waals surface area contributed by atoms with Crippen LogP contribution in [0.25, 0.3) is 0 Å². The molecule has 0 aliphatic heterocycles. The van der Waals surface area contributed by atoms with Gasteiger partial charge >= 0.3 is 0 Å². The second-order valence-electron chi connectivity index (χ2n) is 2.90. The van der Waals surface area contributed by atoms with Gasteiger partial charge in [-0.25, -0.2) is 0 Å². The maximum Gasteiger partial charge on any atom is 0.206 e. The van der Waals surface area contributed by atoms with E-state index in [0.717, 1.165) is 15.6 Å². The normalized spacial score (nSPS) is 10.4. The fraction of sp³-hybridized carbons (Fsp3) is 0.250. The molecule has 0 radical (unpaired) electrons. The minimum atomic E-state index is 0.780. The Morgan fingerprint density at radius 3 is 3.00 bits per heavy atom. The van der Waals surface area contributed by atoms with E-state index in [-0.39, 0.29) is 0 Å². The van der Waals surface area contributed by atoms with E-state index in [0.29, 0.717) is 0 Å². The highest BCUT2D eigenvalue weighted by Gasteiger charge is 2.00. The Bertz CT molecular complexity index is 382. The lowest BCUT2D eigenvalue weighted by Gasteiger charge is -1.97. The van der Waals surface area contributed by atoms with Crippen LogP contribution in [0.15, 0.2) is 22.4 Å². The predicted molar refractivity (Wildman–Crippen MR) is 60.3 cm³/mol. The number of hydrogen-bond donors (Lipinski definition) is 1. The van der Waals surface area contributed by atoms with Gasteiger partial charge in [0.25, 0.3) is 0 Å². The van der Waals surface area contributed by atoms with Gasteiger partial charge in [0, 0.05) is 26.0 Å². The van der Waals surface area contributed by atoms with E-state index in [1.54, 1.807) is 0 Å². The van der Waals surface area contributed by atoms with E-state index in [1.807, 2.05) is 17.8 Å². The molecular weight excluding hydrogens is 264 g/mol. The molecule has 0 saturated carbocycles. The Labute approximate surface area is 94.1 Å². The van der Waals surface area contributed by atoms with Crippen molar-refractivity contribution in [3.8, 4) is 0 Å². The second-order valence-corrected chi connectivity index (χ2v) is 5.15. The predicted octanol–water partition coefficient (Wildman–Crippen LogP) is 2.25. The number of nitrogens with zero attached hydrogens (tertiary/aromatic N) is 3. The maximum atomic E-state index is 3.94. The van der Waals surface area contributed by atoms with Crippen LogP contribution in [0.5, 0.6) is 0 Å². The van der Waals surface area contributed by atoms with Crippen molar-refractivity contribution in [1.82, 2.24) is 14.8 Å². The number of aromatic nitrogens is 3. The van der Waals surface area contributed by atoms with Gasteiger partial charge in [0.1, 0.15) is 0 Å². The summed E-state index contributed by atoms with van der Waals surface area (Å²) in [5.74, 6) is 0. The lowest BCUT2D eigenvalue weighted by molar-refractivity contribution is 0.919. The molecule has 0 aromatic carbocycles. The molecule has 0 atom stereocenters. The lowest BCUT2D eigenvalue weighted by atomic mass is 10.3.